The fourth-order valence-corrected chi connectivity index (χ4v) is 5.27. The van der Waals surface area contributed by atoms with E-state index in [1.54, 1.807) is 17.9 Å². The van der Waals surface area contributed by atoms with E-state index in [9.17, 15) is 9.59 Å². The summed E-state index contributed by atoms with van der Waals surface area (Å²) < 4.78 is 8.20. The number of amidine groups is 1. The summed E-state index contributed by atoms with van der Waals surface area (Å²) in [5.74, 6) is -0.396. The van der Waals surface area contributed by atoms with Crippen molar-refractivity contribution in [2.75, 3.05) is 13.2 Å². The van der Waals surface area contributed by atoms with Gasteiger partial charge in [-0.25, -0.2) is 9.79 Å². The minimum Gasteiger partial charge on any atom is -0.462 e. The second kappa shape index (κ2) is 10.7. The predicted octanol–water partition coefficient (Wildman–Crippen LogP) is 6.66. The molecule has 1 aliphatic heterocycles. The molecule has 0 atom stereocenters. The van der Waals surface area contributed by atoms with Gasteiger partial charge in [-0.3, -0.25) is 9.69 Å². The summed E-state index contributed by atoms with van der Waals surface area (Å²) in [6.07, 6.45) is 1.92. The third kappa shape index (κ3) is 5.28. The van der Waals surface area contributed by atoms with E-state index in [0.29, 0.717) is 28.8 Å². The van der Waals surface area contributed by atoms with Crippen molar-refractivity contribution >= 4 is 56.5 Å². The zero-order valence-electron chi connectivity index (χ0n) is 20.0. The molecule has 0 radical (unpaired) electrons. The molecule has 0 N–H and O–H groups in total. The summed E-state index contributed by atoms with van der Waals surface area (Å²) >= 11 is 4.82. The summed E-state index contributed by atoms with van der Waals surface area (Å²) in [6, 6.07) is 17.1. The van der Waals surface area contributed by atoms with E-state index in [0.717, 1.165) is 32.8 Å². The van der Waals surface area contributed by atoms with Gasteiger partial charge in [0.15, 0.2) is 5.17 Å². The molecule has 0 unspecified atom stereocenters. The maximum atomic E-state index is 13.1. The van der Waals surface area contributed by atoms with E-state index in [2.05, 4.69) is 20.5 Å². The third-order valence-electron chi connectivity index (χ3n) is 5.63. The highest BCUT2D eigenvalue weighted by molar-refractivity contribution is 9.10. The van der Waals surface area contributed by atoms with E-state index in [1.807, 2.05) is 75.4 Å². The number of rotatable bonds is 6. The van der Waals surface area contributed by atoms with Crippen molar-refractivity contribution in [3.05, 3.63) is 86.5 Å². The second-order valence-electron chi connectivity index (χ2n) is 7.96. The van der Waals surface area contributed by atoms with Crippen LogP contribution >= 0.6 is 27.7 Å². The number of ether oxygens (including phenoxy) is 1. The van der Waals surface area contributed by atoms with Crippen molar-refractivity contribution in [1.82, 2.24) is 9.47 Å². The van der Waals surface area contributed by atoms with Crippen molar-refractivity contribution in [2.45, 2.75) is 27.7 Å². The maximum Gasteiger partial charge on any atom is 0.338 e. The van der Waals surface area contributed by atoms with Gasteiger partial charge in [0.2, 0.25) is 0 Å². The highest BCUT2D eigenvalue weighted by Gasteiger charge is 2.32. The van der Waals surface area contributed by atoms with E-state index >= 15 is 0 Å². The minimum absolute atomic E-state index is 0.0533. The molecule has 1 fully saturated rings. The molecule has 1 aliphatic rings. The summed E-state index contributed by atoms with van der Waals surface area (Å²) in [5.41, 5.74) is 5.09. The number of aryl methyl sites for hydroxylation is 1. The smallest absolute Gasteiger partial charge is 0.338 e. The minimum atomic E-state index is -0.343. The molecular formula is C27H26BrN3O3S. The van der Waals surface area contributed by atoms with Gasteiger partial charge in [-0.15, -0.1) is 0 Å². The number of esters is 1. The van der Waals surface area contributed by atoms with Gasteiger partial charge in [0.1, 0.15) is 0 Å². The molecule has 3 aromatic rings. The lowest BCUT2D eigenvalue weighted by Crippen LogP contribution is -2.28. The molecule has 0 bridgehead atoms. The van der Waals surface area contributed by atoms with Crippen molar-refractivity contribution in [2.24, 2.45) is 4.99 Å². The highest BCUT2D eigenvalue weighted by atomic mass is 79.9. The zero-order chi connectivity index (χ0) is 25.1. The van der Waals surface area contributed by atoms with E-state index in [-0.39, 0.29) is 11.9 Å². The van der Waals surface area contributed by atoms with Gasteiger partial charge in [0.25, 0.3) is 5.91 Å². The summed E-state index contributed by atoms with van der Waals surface area (Å²) in [4.78, 5) is 32.4. The van der Waals surface area contributed by atoms with Crippen molar-refractivity contribution in [3.8, 4) is 5.69 Å². The van der Waals surface area contributed by atoms with Crippen LogP contribution in [0.5, 0.6) is 0 Å². The van der Waals surface area contributed by atoms with Crippen LogP contribution < -0.4 is 0 Å². The summed E-state index contributed by atoms with van der Waals surface area (Å²) in [6.45, 7) is 8.62. The first-order chi connectivity index (χ1) is 16.8. The molecule has 1 aromatic heterocycles. The number of likely N-dealkylation sites (N-methyl/N-ethyl adjacent to an activating group) is 1. The van der Waals surface area contributed by atoms with Gasteiger partial charge in [-0.05, 0) is 99.6 Å². The lowest BCUT2D eigenvalue weighted by Gasteiger charge is -2.12. The van der Waals surface area contributed by atoms with Crippen molar-refractivity contribution in [1.29, 1.82) is 0 Å². The number of hydrogen-bond donors (Lipinski definition) is 0. The number of nitrogens with zero attached hydrogens (tertiary/aromatic N) is 3. The standard InChI is InChI=1S/C27H26BrN3O3S/c1-5-30-25(32)24(35-27(30)29-22-12-10-21(28)11-13-22)16-20-14-17(3)31(18(20)4)23-9-7-8-19(15-23)26(33)34-6-2/h7-16H,5-6H2,1-4H3/b24-16-,29-27?. The molecule has 1 amide bonds. The average Bonchev–Trinajstić information content (AvgIpc) is 3.29. The second-order valence-corrected chi connectivity index (χ2v) is 9.89. The number of aromatic nitrogens is 1. The summed E-state index contributed by atoms with van der Waals surface area (Å²) in [7, 11) is 0. The maximum absolute atomic E-state index is 13.1. The fraction of sp³-hybridized carbons (Fsp3) is 0.222. The molecule has 0 spiro atoms. The predicted molar refractivity (Wildman–Crippen MR) is 145 cm³/mol. The first-order valence-electron chi connectivity index (χ1n) is 11.3. The Morgan fingerprint density at radius 2 is 1.86 bits per heavy atom. The fourth-order valence-electron chi connectivity index (χ4n) is 3.95. The van der Waals surface area contributed by atoms with Crippen LogP contribution in [0.15, 0.2) is 69.0 Å². The number of carbonyl (C=O) groups is 2. The Balaban J connectivity index is 1.67. The Morgan fingerprint density at radius 1 is 1.11 bits per heavy atom. The van der Waals surface area contributed by atoms with Crippen LogP contribution in [-0.4, -0.2) is 39.7 Å². The van der Waals surface area contributed by atoms with Crippen LogP contribution in [0.3, 0.4) is 0 Å². The van der Waals surface area contributed by atoms with Gasteiger partial charge >= 0.3 is 5.97 Å². The first-order valence-corrected chi connectivity index (χ1v) is 13.0. The Labute approximate surface area is 217 Å². The number of benzene rings is 2. The van der Waals surface area contributed by atoms with E-state index in [4.69, 9.17) is 9.73 Å². The molecule has 2 aromatic carbocycles. The molecular weight excluding hydrogens is 526 g/mol. The molecule has 0 saturated carbocycles. The van der Waals surface area contributed by atoms with Crippen LogP contribution in [-0.2, 0) is 9.53 Å². The average molecular weight is 552 g/mol. The van der Waals surface area contributed by atoms with Gasteiger partial charge in [-0.1, -0.05) is 22.0 Å². The SMILES string of the molecule is CCOC(=O)c1cccc(-n2c(C)cc(/C=C3\SC(=Nc4ccc(Br)cc4)N(CC)C3=O)c2C)c1. The quantitative estimate of drug-likeness (QED) is 0.254. The lowest BCUT2D eigenvalue weighted by molar-refractivity contribution is -0.122. The number of thioether (sulfide) groups is 1. The lowest BCUT2D eigenvalue weighted by atomic mass is 10.2. The van der Waals surface area contributed by atoms with Crippen LogP contribution in [0.4, 0.5) is 5.69 Å². The van der Waals surface area contributed by atoms with Crippen molar-refractivity contribution < 1.29 is 14.3 Å². The molecule has 180 valence electrons. The zero-order valence-corrected chi connectivity index (χ0v) is 22.4. The largest absolute Gasteiger partial charge is 0.462 e. The number of hydrogen-bond acceptors (Lipinski definition) is 5. The van der Waals surface area contributed by atoms with Gasteiger partial charge < -0.3 is 9.30 Å². The van der Waals surface area contributed by atoms with Crippen LogP contribution in [0.2, 0.25) is 0 Å². The van der Waals surface area contributed by atoms with Crippen LogP contribution in [0.25, 0.3) is 11.8 Å². The molecule has 4 rings (SSSR count). The number of amides is 1. The number of halogens is 1. The van der Waals surface area contributed by atoms with E-state index < -0.39 is 0 Å². The number of carbonyl (C=O) groups excluding carboxylic acids is 2. The number of aliphatic imine (C=N–C) groups is 1. The topological polar surface area (TPSA) is 63.9 Å². The van der Waals surface area contributed by atoms with E-state index in [1.165, 1.54) is 11.8 Å². The molecule has 1 saturated heterocycles. The van der Waals surface area contributed by atoms with Gasteiger partial charge in [0.05, 0.1) is 22.8 Å². The highest BCUT2D eigenvalue weighted by Crippen LogP contribution is 2.35. The van der Waals surface area contributed by atoms with Gasteiger partial charge in [0, 0.05) is 28.1 Å². The molecule has 6 nitrogen and oxygen atoms in total. The molecule has 0 aliphatic carbocycles. The first kappa shape index (κ1) is 25.0. The molecule has 2 heterocycles. The Hall–Kier alpha value is -3.10. The van der Waals surface area contributed by atoms with Crippen LogP contribution in [0, 0.1) is 13.8 Å². The summed E-state index contributed by atoms with van der Waals surface area (Å²) in [5, 5.41) is 0.669. The van der Waals surface area contributed by atoms with Crippen LogP contribution in [0.1, 0.15) is 41.2 Å². The molecule has 35 heavy (non-hydrogen) atoms. The monoisotopic (exact) mass is 551 g/mol. The Morgan fingerprint density at radius 3 is 2.54 bits per heavy atom. The Kier molecular flexibility index (Phi) is 7.62. The van der Waals surface area contributed by atoms with Crippen molar-refractivity contribution in [3.63, 3.8) is 0 Å². The Bertz CT molecular complexity index is 1340. The van der Waals surface area contributed by atoms with Gasteiger partial charge in [-0.2, -0.15) is 0 Å². The molecule has 8 heteroatoms. The normalized spacial score (nSPS) is 15.9. The third-order valence-corrected chi connectivity index (χ3v) is 7.16.